The lowest BCUT2D eigenvalue weighted by atomic mass is 9.90. The average molecular weight is 182 g/mol. The number of amides is 1. The summed E-state index contributed by atoms with van der Waals surface area (Å²) in [5.41, 5.74) is -0.0341. The molecule has 1 N–H and O–H groups in total. The predicted octanol–water partition coefficient (Wildman–Crippen LogP) is 0.333. The lowest BCUT2D eigenvalue weighted by Gasteiger charge is -2.28. The van der Waals surface area contributed by atoms with E-state index in [-0.39, 0.29) is 11.6 Å². The fraction of sp³-hybridized carbons (Fsp3) is 0.889. The minimum atomic E-state index is -0.228. The SMILES string of the molecule is O=C1NC2(CCN3CCCC32)CO1. The van der Waals surface area contributed by atoms with Crippen LogP contribution in [0.4, 0.5) is 4.79 Å². The van der Waals surface area contributed by atoms with E-state index in [0.29, 0.717) is 12.6 Å². The van der Waals surface area contributed by atoms with E-state index in [1.165, 1.54) is 19.4 Å². The van der Waals surface area contributed by atoms with Gasteiger partial charge in [0.1, 0.15) is 6.61 Å². The summed E-state index contributed by atoms with van der Waals surface area (Å²) in [7, 11) is 0. The molecule has 0 radical (unpaired) electrons. The third kappa shape index (κ3) is 0.921. The molecule has 3 heterocycles. The number of fused-ring (bicyclic) bond motifs is 2. The molecule has 1 amide bonds. The molecule has 3 rings (SSSR count). The van der Waals surface area contributed by atoms with Crippen molar-refractivity contribution in [3.63, 3.8) is 0 Å². The van der Waals surface area contributed by atoms with Crippen LogP contribution in [0.15, 0.2) is 0 Å². The monoisotopic (exact) mass is 182 g/mol. The average Bonchev–Trinajstić information content (AvgIpc) is 2.72. The summed E-state index contributed by atoms with van der Waals surface area (Å²) >= 11 is 0. The Balaban J connectivity index is 1.87. The highest BCUT2D eigenvalue weighted by Crippen LogP contribution is 2.38. The molecule has 13 heavy (non-hydrogen) atoms. The summed E-state index contributed by atoms with van der Waals surface area (Å²) in [6.45, 7) is 2.89. The van der Waals surface area contributed by atoms with E-state index in [0.717, 1.165) is 13.0 Å². The van der Waals surface area contributed by atoms with Crippen molar-refractivity contribution in [3.05, 3.63) is 0 Å². The molecule has 3 aliphatic rings. The Bertz CT molecular complexity index is 256. The number of hydrogen-bond acceptors (Lipinski definition) is 3. The number of cyclic esters (lactones) is 1. The van der Waals surface area contributed by atoms with Crippen LogP contribution in [-0.4, -0.2) is 42.3 Å². The van der Waals surface area contributed by atoms with Gasteiger partial charge in [0.25, 0.3) is 0 Å². The van der Waals surface area contributed by atoms with Gasteiger partial charge in [-0.25, -0.2) is 4.79 Å². The molecule has 1 spiro atoms. The molecule has 0 bridgehead atoms. The summed E-state index contributed by atoms with van der Waals surface area (Å²) in [5.74, 6) is 0. The molecule has 0 aromatic rings. The van der Waals surface area contributed by atoms with Gasteiger partial charge in [-0.3, -0.25) is 4.90 Å². The van der Waals surface area contributed by atoms with Crippen molar-refractivity contribution in [2.24, 2.45) is 0 Å². The van der Waals surface area contributed by atoms with E-state index >= 15 is 0 Å². The molecule has 4 heteroatoms. The molecule has 72 valence electrons. The minimum Gasteiger partial charge on any atom is -0.447 e. The molecule has 3 saturated heterocycles. The predicted molar refractivity (Wildman–Crippen MR) is 46.4 cm³/mol. The van der Waals surface area contributed by atoms with E-state index in [2.05, 4.69) is 10.2 Å². The van der Waals surface area contributed by atoms with Gasteiger partial charge < -0.3 is 10.1 Å². The molecule has 3 fully saturated rings. The van der Waals surface area contributed by atoms with Crippen LogP contribution in [0.3, 0.4) is 0 Å². The smallest absolute Gasteiger partial charge is 0.407 e. The Morgan fingerprint density at radius 1 is 1.54 bits per heavy atom. The first-order valence-corrected chi connectivity index (χ1v) is 4.99. The molecule has 0 aromatic heterocycles. The van der Waals surface area contributed by atoms with Gasteiger partial charge in [0.2, 0.25) is 0 Å². The molecule has 2 unspecified atom stereocenters. The fourth-order valence-electron chi connectivity index (χ4n) is 3.01. The molecule has 4 nitrogen and oxygen atoms in total. The van der Waals surface area contributed by atoms with Crippen molar-refractivity contribution in [2.45, 2.75) is 30.8 Å². The Morgan fingerprint density at radius 2 is 2.46 bits per heavy atom. The van der Waals surface area contributed by atoms with E-state index in [1.807, 2.05) is 0 Å². The quantitative estimate of drug-likeness (QED) is 0.587. The molecular weight excluding hydrogens is 168 g/mol. The van der Waals surface area contributed by atoms with Crippen LogP contribution in [0.25, 0.3) is 0 Å². The van der Waals surface area contributed by atoms with E-state index < -0.39 is 0 Å². The molecule has 0 aliphatic carbocycles. The highest BCUT2D eigenvalue weighted by Gasteiger charge is 2.53. The van der Waals surface area contributed by atoms with Crippen LogP contribution in [-0.2, 0) is 4.74 Å². The van der Waals surface area contributed by atoms with Crippen molar-refractivity contribution >= 4 is 6.09 Å². The van der Waals surface area contributed by atoms with Gasteiger partial charge in [-0.05, 0) is 25.8 Å². The Kier molecular flexibility index (Phi) is 1.39. The lowest BCUT2D eigenvalue weighted by molar-refractivity contribution is 0.166. The van der Waals surface area contributed by atoms with Crippen molar-refractivity contribution in [1.29, 1.82) is 0 Å². The minimum absolute atomic E-state index is 0.0341. The third-order valence-electron chi connectivity index (χ3n) is 3.66. The fourth-order valence-corrected chi connectivity index (χ4v) is 3.01. The van der Waals surface area contributed by atoms with Crippen molar-refractivity contribution < 1.29 is 9.53 Å². The summed E-state index contributed by atoms with van der Waals surface area (Å²) in [6.07, 6.45) is 3.31. The first kappa shape index (κ1) is 7.62. The van der Waals surface area contributed by atoms with Gasteiger partial charge in [-0.15, -0.1) is 0 Å². The van der Waals surface area contributed by atoms with Crippen LogP contribution in [0.2, 0.25) is 0 Å². The van der Waals surface area contributed by atoms with Gasteiger partial charge in [0, 0.05) is 12.6 Å². The molecule has 3 aliphatic heterocycles. The number of alkyl carbamates (subject to hydrolysis) is 1. The van der Waals surface area contributed by atoms with E-state index in [4.69, 9.17) is 4.74 Å². The highest BCUT2D eigenvalue weighted by molar-refractivity contribution is 5.71. The second-order valence-corrected chi connectivity index (χ2v) is 4.30. The first-order valence-electron chi connectivity index (χ1n) is 4.99. The molecule has 0 aromatic carbocycles. The number of carbonyl (C=O) groups is 1. The van der Waals surface area contributed by atoms with Crippen molar-refractivity contribution in [1.82, 2.24) is 10.2 Å². The number of hydrogen-bond donors (Lipinski definition) is 1. The van der Waals surface area contributed by atoms with Crippen molar-refractivity contribution in [2.75, 3.05) is 19.7 Å². The largest absolute Gasteiger partial charge is 0.447 e. The number of ether oxygens (including phenoxy) is 1. The zero-order valence-electron chi connectivity index (χ0n) is 7.58. The van der Waals surface area contributed by atoms with Crippen LogP contribution in [0.1, 0.15) is 19.3 Å². The topological polar surface area (TPSA) is 41.6 Å². The van der Waals surface area contributed by atoms with Crippen LogP contribution in [0, 0.1) is 0 Å². The maximum atomic E-state index is 11.0. The Labute approximate surface area is 77.2 Å². The van der Waals surface area contributed by atoms with Gasteiger partial charge in [-0.1, -0.05) is 0 Å². The van der Waals surface area contributed by atoms with Crippen LogP contribution < -0.4 is 5.32 Å². The zero-order valence-corrected chi connectivity index (χ0v) is 7.58. The van der Waals surface area contributed by atoms with Crippen molar-refractivity contribution in [3.8, 4) is 0 Å². The first-order chi connectivity index (χ1) is 6.30. The summed E-state index contributed by atoms with van der Waals surface area (Å²) in [4.78, 5) is 13.5. The third-order valence-corrected chi connectivity index (χ3v) is 3.66. The summed E-state index contributed by atoms with van der Waals surface area (Å²) in [6, 6.07) is 0.541. The maximum absolute atomic E-state index is 11.0. The highest BCUT2D eigenvalue weighted by atomic mass is 16.6. The summed E-state index contributed by atoms with van der Waals surface area (Å²) in [5, 5.41) is 3.00. The zero-order chi connectivity index (χ0) is 8.89. The van der Waals surface area contributed by atoms with Gasteiger partial charge in [0.05, 0.1) is 5.54 Å². The van der Waals surface area contributed by atoms with Gasteiger partial charge in [-0.2, -0.15) is 0 Å². The number of carbonyl (C=O) groups excluding carboxylic acids is 1. The lowest BCUT2D eigenvalue weighted by Crippen LogP contribution is -2.51. The maximum Gasteiger partial charge on any atom is 0.407 e. The number of nitrogens with zero attached hydrogens (tertiary/aromatic N) is 1. The summed E-state index contributed by atoms with van der Waals surface area (Å²) < 4.78 is 5.02. The normalized spacial score (nSPS) is 43.7. The van der Waals surface area contributed by atoms with Gasteiger partial charge in [0.15, 0.2) is 0 Å². The number of nitrogens with one attached hydrogen (secondary N) is 1. The second-order valence-electron chi connectivity index (χ2n) is 4.30. The van der Waals surface area contributed by atoms with Crippen LogP contribution in [0.5, 0.6) is 0 Å². The van der Waals surface area contributed by atoms with E-state index in [9.17, 15) is 4.79 Å². The standard InChI is InChI=1S/C9H14N2O2/c12-8-10-9(6-13-8)3-5-11-4-1-2-7(9)11/h7H,1-6H2,(H,10,12). The Morgan fingerprint density at radius 3 is 3.23 bits per heavy atom. The molecule has 2 atom stereocenters. The van der Waals surface area contributed by atoms with E-state index in [1.54, 1.807) is 0 Å². The second kappa shape index (κ2) is 2.38. The number of rotatable bonds is 0. The molecule has 0 saturated carbocycles. The van der Waals surface area contributed by atoms with Gasteiger partial charge >= 0.3 is 6.09 Å². The van der Waals surface area contributed by atoms with Crippen LogP contribution >= 0.6 is 0 Å². The Hall–Kier alpha value is -0.770. The molecular formula is C9H14N2O2.